The summed E-state index contributed by atoms with van der Waals surface area (Å²) in [6.07, 6.45) is 0. The maximum Gasteiger partial charge on any atom is 0.268 e. The highest BCUT2D eigenvalue weighted by atomic mass is 32.2. The molecule has 0 bridgehead atoms. The highest BCUT2D eigenvalue weighted by Gasteiger charge is 2.22. The second-order valence-electron chi connectivity index (χ2n) is 3.59. The smallest absolute Gasteiger partial charge is 0.268 e. The summed E-state index contributed by atoms with van der Waals surface area (Å²) < 4.78 is 5.29. The van der Waals surface area contributed by atoms with E-state index in [-0.39, 0.29) is 0 Å². The van der Waals surface area contributed by atoms with Crippen LogP contribution in [0.3, 0.4) is 0 Å². The van der Waals surface area contributed by atoms with Gasteiger partial charge in [-0.1, -0.05) is 5.16 Å². The van der Waals surface area contributed by atoms with E-state index in [1.165, 1.54) is 17.1 Å². The van der Waals surface area contributed by atoms with Gasteiger partial charge in [-0.05, 0) is 12.1 Å². The number of nitrogen functional groups attached to an aromatic ring is 1. The average Bonchev–Trinajstić information content (AvgIpc) is 2.98. The quantitative estimate of drug-likeness (QED) is 0.915. The fraction of sp³-hybridized carbons (Fsp3) is 0.400. The lowest BCUT2D eigenvalue weighted by atomic mass is 10.4. The molecule has 0 amide bonds. The van der Waals surface area contributed by atoms with E-state index in [9.17, 15) is 0 Å². The van der Waals surface area contributed by atoms with Crippen LogP contribution in [0.5, 0.6) is 0 Å². The van der Waals surface area contributed by atoms with Crippen LogP contribution >= 0.6 is 34.9 Å². The Kier molecular flexibility index (Phi) is 3.30. The molecule has 1 unspecified atom stereocenters. The van der Waals surface area contributed by atoms with Crippen molar-refractivity contribution < 1.29 is 4.52 Å². The predicted molar refractivity (Wildman–Crippen MR) is 74.5 cm³/mol. The molecule has 4 nitrogen and oxygen atoms in total. The Balaban J connectivity index is 1.82. The Hall–Kier alpha value is -0.660. The van der Waals surface area contributed by atoms with E-state index >= 15 is 0 Å². The van der Waals surface area contributed by atoms with Crippen LogP contribution in [-0.4, -0.2) is 27.4 Å². The fourth-order valence-electron chi connectivity index (χ4n) is 1.57. The standard InChI is InChI=1S/C10H11N3OS3/c11-8-2-1-6(17-8)10-12-9(13-14-10)7-5-15-3-4-16-7/h1-2,7H,3-5,11H2. The van der Waals surface area contributed by atoms with Gasteiger partial charge in [-0.2, -0.15) is 16.7 Å². The van der Waals surface area contributed by atoms with Crippen molar-refractivity contribution in [1.29, 1.82) is 0 Å². The van der Waals surface area contributed by atoms with Crippen LogP contribution in [0.1, 0.15) is 11.1 Å². The minimum Gasteiger partial charge on any atom is -0.391 e. The van der Waals surface area contributed by atoms with Crippen LogP contribution in [0.25, 0.3) is 10.8 Å². The van der Waals surface area contributed by atoms with Crippen molar-refractivity contribution in [1.82, 2.24) is 10.1 Å². The van der Waals surface area contributed by atoms with Gasteiger partial charge in [-0.15, -0.1) is 23.1 Å². The molecule has 2 aromatic rings. The molecule has 17 heavy (non-hydrogen) atoms. The summed E-state index contributed by atoms with van der Waals surface area (Å²) in [6, 6.07) is 3.77. The van der Waals surface area contributed by atoms with Gasteiger partial charge in [-0.25, -0.2) is 0 Å². The summed E-state index contributed by atoms with van der Waals surface area (Å²) in [4.78, 5) is 5.40. The molecule has 90 valence electrons. The van der Waals surface area contributed by atoms with Gasteiger partial charge in [0, 0.05) is 17.3 Å². The summed E-state index contributed by atoms with van der Waals surface area (Å²) in [5.41, 5.74) is 5.69. The zero-order valence-electron chi connectivity index (χ0n) is 8.96. The third kappa shape index (κ3) is 2.46. The molecule has 2 N–H and O–H groups in total. The lowest BCUT2D eigenvalue weighted by molar-refractivity contribution is 0.424. The van der Waals surface area contributed by atoms with E-state index in [4.69, 9.17) is 10.3 Å². The maximum atomic E-state index is 5.69. The zero-order valence-corrected chi connectivity index (χ0v) is 11.4. The summed E-state index contributed by atoms with van der Waals surface area (Å²) in [7, 11) is 0. The van der Waals surface area contributed by atoms with E-state index in [1.807, 2.05) is 35.7 Å². The lowest BCUT2D eigenvalue weighted by Crippen LogP contribution is -2.07. The highest BCUT2D eigenvalue weighted by Crippen LogP contribution is 2.36. The van der Waals surface area contributed by atoms with Gasteiger partial charge >= 0.3 is 0 Å². The first kappa shape index (κ1) is 11.4. The van der Waals surface area contributed by atoms with Crippen LogP contribution < -0.4 is 5.73 Å². The van der Waals surface area contributed by atoms with Crippen LogP contribution in [-0.2, 0) is 0 Å². The normalized spacial score (nSPS) is 20.6. The number of hydrogen-bond donors (Lipinski definition) is 1. The third-order valence-corrected chi connectivity index (χ3v) is 6.04. The molecule has 0 radical (unpaired) electrons. The second-order valence-corrected chi connectivity index (χ2v) is 7.17. The number of hydrogen-bond acceptors (Lipinski definition) is 7. The SMILES string of the molecule is Nc1ccc(-c2nc(C3CSCCS3)no2)s1. The Morgan fingerprint density at radius 3 is 3.00 bits per heavy atom. The minimum atomic E-state index is 0.364. The maximum absolute atomic E-state index is 5.69. The first-order valence-electron chi connectivity index (χ1n) is 5.21. The second kappa shape index (κ2) is 4.91. The molecule has 1 aliphatic rings. The number of anilines is 1. The van der Waals surface area contributed by atoms with Crippen molar-refractivity contribution in [3.8, 4) is 10.8 Å². The molecule has 0 spiro atoms. The summed E-state index contributed by atoms with van der Waals surface area (Å²) in [5.74, 6) is 4.83. The number of nitrogens with zero attached hydrogens (tertiary/aromatic N) is 2. The molecular weight excluding hydrogens is 274 g/mol. The zero-order chi connectivity index (χ0) is 11.7. The van der Waals surface area contributed by atoms with Gasteiger partial charge < -0.3 is 10.3 Å². The number of thioether (sulfide) groups is 2. The summed E-state index contributed by atoms with van der Waals surface area (Å²) >= 11 is 5.32. The molecule has 1 aliphatic heterocycles. The summed E-state index contributed by atoms with van der Waals surface area (Å²) in [5, 5.41) is 5.20. The van der Waals surface area contributed by atoms with E-state index in [0.29, 0.717) is 11.1 Å². The van der Waals surface area contributed by atoms with Gasteiger partial charge in [0.2, 0.25) is 0 Å². The molecule has 0 aliphatic carbocycles. The Morgan fingerprint density at radius 2 is 2.29 bits per heavy atom. The molecular formula is C10H11N3OS3. The predicted octanol–water partition coefficient (Wildman–Crippen LogP) is 2.90. The first-order chi connectivity index (χ1) is 8.33. The Morgan fingerprint density at radius 1 is 1.35 bits per heavy atom. The van der Waals surface area contributed by atoms with Crippen LogP contribution in [0.15, 0.2) is 16.7 Å². The topological polar surface area (TPSA) is 64.9 Å². The van der Waals surface area contributed by atoms with Crippen molar-refractivity contribution in [2.24, 2.45) is 0 Å². The van der Waals surface area contributed by atoms with Crippen molar-refractivity contribution >= 4 is 39.9 Å². The number of nitrogens with two attached hydrogens (primary N) is 1. The van der Waals surface area contributed by atoms with Crippen LogP contribution in [0, 0.1) is 0 Å². The number of aromatic nitrogens is 2. The average molecular weight is 285 g/mol. The minimum absolute atomic E-state index is 0.364. The van der Waals surface area contributed by atoms with Crippen molar-refractivity contribution in [2.45, 2.75) is 5.25 Å². The molecule has 0 aromatic carbocycles. The van der Waals surface area contributed by atoms with E-state index in [2.05, 4.69) is 10.1 Å². The Labute approximate surface area is 111 Å². The van der Waals surface area contributed by atoms with Gasteiger partial charge in [0.05, 0.1) is 15.1 Å². The number of thiophene rings is 1. The Bertz CT molecular complexity index is 504. The largest absolute Gasteiger partial charge is 0.391 e. The highest BCUT2D eigenvalue weighted by molar-refractivity contribution is 8.06. The van der Waals surface area contributed by atoms with Gasteiger partial charge in [-0.3, -0.25) is 0 Å². The lowest BCUT2D eigenvalue weighted by Gasteiger charge is -2.16. The third-order valence-electron chi connectivity index (χ3n) is 2.38. The molecule has 1 saturated heterocycles. The molecule has 7 heteroatoms. The fourth-order valence-corrected chi connectivity index (χ4v) is 4.86. The molecule has 1 fully saturated rings. The van der Waals surface area contributed by atoms with E-state index in [0.717, 1.165) is 27.2 Å². The van der Waals surface area contributed by atoms with Crippen molar-refractivity contribution in [2.75, 3.05) is 23.0 Å². The molecule has 0 saturated carbocycles. The molecule has 2 aromatic heterocycles. The van der Waals surface area contributed by atoms with Crippen molar-refractivity contribution in [3.63, 3.8) is 0 Å². The van der Waals surface area contributed by atoms with Gasteiger partial charge in [0.1, 0.15) is 0 Å². The molecule has 3 heterocycles. The van der Waals surface area contributed by atoms with Crippen molar-refractivity contribution in [3.05, 3.63) is 18.0 Å². The summed E-state index contributed by atoms with van der Waals surface area (Å²) in [6.45, 7) is 0. The molecule has 3 rings (SSSR count). The van der Waals surface area contributed by atoms with Gasteiger partial charge in [0.25, 0.3) is 5.89 Å². The van der Waals surface area contributed by atoms with E-state index < -0.39 is 0 Å². The van der Waals surface area contributed by atoms with Crippen LogP contribution in [0.4, 0.5) is 5.00 Å². The first-order valence-corrected chi connectivity index (χ1v) is 8.23. The van der Waals surface area contributed by atoms with Crippen LogP contribution in [0.2, 0.25) is 0 Å². The van der Waals surface area contributed by atoms with E-state index in [1.54, 1.807) is 0 Å². The monoisotopic (exact) mass is 285 g/mol. The molecule has 1 atom stereocenters. The number of rotatable bonds is 2. The van der Waals surface area contributed by atoms with Gasteiger partial charge in [0.15, 0.2) is 5.82 Å².